The largest absolute Gasteiger partial charge is 0.487 e. The normalized spacial score (nSPS) is 10.5. The first-order valence-electron chi connectivity index (χ1n) is 6.33. The zero-order valence-corrected chi connectivity index (χ0v) is 11.6. The lowest BCUT2D eigenvalue weighted by atomic mass is 10.2. The van der Waals surface area contributed by atoms with Gasteiger partial charge in [0.2, 0.25) is 0 Å². The summed E-state index contributed by atoms with van der Waals surface area (Å²) in [7, 11) is 1.90. The highest BCUT2D eigenvalue weighted by Crippen LogP contribution is 2.18. The molecule has 0 fully saturated rings. The van der Waals surface area contributed by atoms with Gasteiger partial charge in [0.25, 0.3) is 0 Å². The summed E-state index contributed by atoms with van der Waals surface area (Å²) < 4.78 is 5.84. The maximum atomic E-state index is 5.84. The first kappa shape index (κ1) is 13.5. The first-order valence-corrected chi connectivity index (χ1v) is 6.33. The lowest BCUT2D eigenvalue weighted by Crippen LogP contribution is -2.10. The van der Waals surface area contributed by atoms with Gasteiger partial charge in [-0.3, -0.25) is 9.97 Å². The number of pyridine rings is 2. The second-order valence-corrected chi connectivity index (χ2v) is 4.59. The number of nitrogens with one attached hydrogen (secondary N) is 1. The van der Waals surface area contributed by atoms with Crippen molar-refractivity contribution in [1.29, 1.82) is 0 Å². The van der Waals surface area contributed by atoms with Gasteiger partial charge in [-0.2, -0.15) is 0 Å². The maximum Gasteiger partial charge on any atom is 0.142 e. The molecule has 2 aromatic rings. The minimum Gasteiger partial charge on any atom is -0.487 e. The van der Waals surface area contributed by atoms with Gasteiger partial charge in [0, 0.05) is 30.2 Å². The topological polar surface area (TPSA) is 47.0 Å². The van der Waals surface area contributed by atoms with E-state index in [4.69, 9.17) is 4.74 Å². The standard InChI is InChI=1S/C15H19N3O/c1-11-6-13(8-17-7-11)10-19-15-5-4-12(2)18-14(15)9-16-3/h4-8,16H,9-10H2,1-3H3. The highest BCUT2D eigenvalue weighted by Gasteiger charge is 2.05. The fourth-order valence-electron chi connectivity index (χ4n) is 1.88. The number of ether oxygens (including phenoxy) is 1. The van der Waals surface area contributed by atoms with Crippen LogP contribution in [0.3, 0.4) is 0 Å². The lowest BCUT2D eigenvalue weighted by Gasteiger charge is -2.11. The van der Waals surface area contributed by atoms with Crippen LogP contribution in [0.15, 0.2) is 30.6 Å². The second-order valence-electron chi connectivity index (χ2n) is 4.59. The van der Waals surface area contributed by atoms with Gasteiger partial charge in [0.15, 0.2) is 0 Å². The Morgan fingerprint density at radius 1 is 1.21 bits per heavy atom. The molecule has 0 atom stereocenters. The predicted octanol–water partition coefficient (Wildman–Crippen LogP) is 2.39. The SMILES string of the molecule is CNCc1nc(C)ccc1OCc1cncc(C)c1. The summed E-state index contributed by atoms with van der Waals surface area (Å²) in [4.78, 5) is 8.65. The smallest absolute Gasteiger partial charge is 0.142 e. The number of hydrogen-bond acceptors (Lipinski definition) is 4. The van der Waals surface area contributed by atoms with Crippen LogP contribution < -0.4 is 10.1 Å². The molecule has 2 heterocycles. The van der Waals surface area contributed by atoms with Crippen molar-refractivity contribution in [3.63, 3.8) is 0 Å². The summed E-state index contributed by atoms with van der Waals surface area (Å²) in [6.07, 6.45) is 3.66. The molecule has 4 nitrogen and oxygen atoms in total. The van der Waals surface area contributed by atoms with Gasteiger partial charge in [0.1, 0.15) is 12.4 Å². The summed E-state index contributed by atoms with van der Waals surface area (Å²) in [6.45, 7) is 5.21. The molecule has 0 bridgehead atoms. The van der Waals surface area contributed by atoms with Crippen LogP contribution in [0.1, 0.15) is 22.5 Å². The van der Waals surface area contributed by atoms with Crippen LogP contribution in [0.5, 0.6) is 5.75 Å². The third kappa shape index (κ3) is 3.76. The third-order valence-electron chi connectivity index (χ3n) is 2.74. The van der Waals surface area contributed by atoms with Gasteiger partial charge in [-0.25, -0.2) is 0 Å². The molecule has 0 aliphatic carbocycles. The Hall–Kier alpha value is -1.94. The van der Waals surface area contributed by atoms with Crippen molar-refractivity contribution in [3.05, 3.63) is 53.1 Å². The molecule has 0 spiro atoms. The van der Waals surface area contributed by atoms with Crippen molar-refractivity contribution >= 4 is 0 Å². The molecule has 0 aliphatic heterocycles. The lowest BCUT2D eigenvalue weighted by molar-refractivity contribution is 0.300. The molecule has 0 radical (unpaired) electrons. The van der Waals surface area contributed by atoms with Gasteiger partial charge in [-0.1, -0.05) is 0 Å². The zero-order valence-electron chi connectivity index (χ0n) is 11.6. The molecule has 1 N–H and O–H groups in total. The van der Waals surface area contributed by atoms with E-state index in [-0.39, 0.29) is 0 Å². The summed E-state index contributed by atoms with van der Waals surface area (Å²) in [5.74, 6) is 0.821. The minimum absolute atomic E-state index is 0.510. The van der Waals surface area contributed by atoms with Crippen LogP contribution in [-0.2, 0) is 13.2 Å². The molecule has 100 valence electrons. The third-order valence-corrected chi connectivity index (χ3v) is 2.74. The van der Waals surface area contributed by atoms with E-state index in [9.17, 15) is 0 Å². The summed E-state index contributed by atoms with van der Waals surface area (Å²) >= 11 is 0. The average Bonchev–Trinajstić information content (AvgIpc) is 2.38. The van der Waals surface area contributed by atoms with Gasteiger partial charge >= 0.3 is 0 Å². The highest BCUT2D eigenvalue weighted by atomic mass is 16.5. The molecule has 0 aromatic carbocycles. The van der Waals surface area contributed by atoms with E-state index in [1.165, 1.54) is 0 Å². The van der Waals surface area contributed by atoms with Crippen LogP contribution in [0.2, 0.25) is 0 Å². The van der Waals surface area contributed by atoms with Crippen molar-refractivity contribution in [2.75, 3.05) is 7.05 Å². The van der Waals surface area contributed by atoms with Crippen molar-refractivity contribution in [2.45, 2.75) is 27.0 Å². The van der Waals surface area contributed by atoms with Crippen LogP contribution in [-0.4, -0.2) is 17.0 Å². The molecular formula is C15H19N3O. The number of aromatic nitrogens is 2. The fourth-order valence-corrected chi connectivity index (χ4v) is 1.88. The van der Waals surface area contributed by atoms with Gasteiger partial charge in [0.05, 0.1) is 5.69 Å². The Morgan fingerprint density at radius 3 is 2.79 bits per heavy atom. The number of aryl methyl sites for hydroxylation is 2. The molecule has 2 aromatic heterocycles. The van der Waals surface area contributed by atoms with E-state index in [0.717, 1.165) is 28.3 Å². The Morgan fingerprint density at radius 2 is 2.05 bits per heavy atom. The van der Waals surface area contributed by atoms with E-state index < -0.39 is 0 Å². The molecule has 0 amide bonds. The van der Waals surface area contributed by atoms with Gasteiger partial charge in [-0.15, -0.1) is 0 Å². The van der Waals surface area contributed by atoms with Gasteiger partial charge < -0.3 is 10.1 Å². The van der Waals surface area contributed by atoms with E-state index in [2.05, 4.69) is 21.4 Å². The molecule has 19 heavy (non-hydrogen) atoms. The Labute approximate surface area is 113 Å². The molecular weight excluding hydrogens is 238 g/mol. The minimum atomic E-state index is 0.510. The number of nitrogens with zero attached hydrogens (tertiary/aromatic N) is 2. The molecule has 0 saturated carbocycles. The summed E-state index contributed by atoms with van der Waals surface area (Å²) in [5.41, 5.74) is 4.13. The van der Waals surface area contributed by atoms with Crippen LogP contribution in [0, 0.1) is 13.8 Å². The fraction of sp³-hybridized carbons (Fsp3) is 0.333. The first-order chi connectivity index (χ1) is 9.19. The van der Waals surface area contributed by atoms with Gasteiger partial charge in [-0.05, 0) is 44.7 Å². The molecule has 0 aliphatic rings. The Kier molecular flexibility index (Phi) is 4.47. The van der Waals surface area contributed by atoms with Crippen molar-refractivity contribution in [2.24, 2.45) is 0 Å². The van der Waals surface area contributed by atoms with E-state index in [1.54, 1.807) is 0 Å². The Balaban J connectivity index is 2.10. The maximum absolute atomic E-state index is 5.84. The second kappa shape index (κ2) is 6.29. The van der Waals surface area contributed by atoms with Crippen molar-refractivity contribution < 1.29 is 4.74 Å². The van der Waals surface area contributed by atoms with E-state index in [0.29, 0.717) is 13.2 Å². The average molecular weight is 257 g/mol. The zero-order chi connectivity index (χ0) is 13.7. The van der Waals surface area contributed by atoms with Crippen LogP contribution in [0.25, 0.3) is 0 Å². The summed E-state index contributed by atoms with van der Waals surface area (Å²) in [6, 6.07) is 6.01. The van der Waals surface area contributed by atoms with E-state index >= 15 is 0 Å². The predicted molar refractivity (Wildman–Crippen MR) is 75.0 cm³/mol. The van der Waals surface area contributed by atoms with Crippen LogP contribution in [0.4, 0.5) is 0 Å². The Bertz CT molecular complexity index is 555. The molecule has 0 unspecified atom stereocenters. The monoisotopic (exact) mass is 257 g/mol. The summed E-state index contributed by atoms with van der Waals surface area (Å²) in [5, 5.41) is 3.10. The number of hydrogen-bond donors (Lipinski definition) is 1. The van der Waals surface area contributed by atoms with Crippen LogP contribution >= 0.6 is 0 Å². The molecule has 2 rings (SSSR count). The van der Waals surface area contributed by atoms with Crippen molar-refractivity contribution in [3.8, 4) is 5.75 Å². The van der Waals surface area contributed by atoms with Crippen molar-refractivity contribution in [1.82, 2.24) is 15.3 Å². The molecule has 0 saturated heterocycles. The highest BCUT2D eigenvalue weighted by molar-refractivity contribution is 5.29. The quantitative estimate of drug-likeness (QED) is 0.893. The van der Waals surface area contributed by atoms with E-state index in [1.807, 2.05) is 45.4 Å². The number of rotatable bonds is 5. The molecule has 4 heteroatoms.